The van der Waals surface area contributed by atoms with Crippen LogP contribution < -0.4 is 10.6 Å². The molecule has 5 N–H and O–H groups in total. The summed E-state index contributed by atoms with van der Waals surface area (Å²) in [4.78, 5) is 30.3. The highest BCUT2D eigenvalue weighted by atomic mass is 32.2. The molecule has 1 aromatic heterocycles. The molecule has 0 radical (unpaired) electrons. The van der Waals surface area contributed by atoms with Gasteiger partial charge in [0.15, 0.2) is 6.19 Å². The molecule has 1 aromatic rings. The number of H-pyrrole nitrogens is 1. The van der Waals surface area contributed by atoms with Gasteiger partial charge in [-0.2, -0.15) is 17.0 Å². The summed E-state index contributed by atoms with van der Waals surface area (Å²) in [7, 11) is 1.63. The number of thioether (sulfide) groups is 1. The molecule has 1 rings (SSSR count). The van der Waals surface area contributed by atoms with Crippen LogP contribution in [0.1, 0.15) is 11.4 Å². The van der Waals surface area contributed by atoms with E-state index in [-0.39, 0.29) is 0 Å². The van der Waals surface area contributed by atoms with E-state index in [2.05, 4.69) is 25.6 Å². The average Bonchev–Trinajstić information content (AvgIpc) is 2.97. The number of aromatic amines is 1. The minimum Gasteiger partial charge on any atom is -0.478 e. The third kappa shape index (κ3) is 12.1. The van der Waals surface area contributed by atoms with Gasteiger partial charge in [0.05, 0.1) is 12.0 Å². The highest BCUT2D eigenvalue weighted by Crippen LogP contribution is 2.11. The van der Waals surface area contributed by atoms with Crippen molar-refractivity contribution in [3.05, 3.63) is 29.9 Å². The Hall–Kier alpha value is -3.00. The molecule has 0 saturated carbocycles. The summed E-state index contributed by atoms with van der Waals surface area (Å²) >= 11 is 1.79. The van der Waals surface area contributed by atoms with Gasteiger partial charge in [-0.05, 0) is 6.92 Å². The Morgan fingerprint density at radius 1 is 1.44 bits per heavy atom. The minimum atomic E-state index is -1.26. The van der Waals surface area contributed by atoms with Crippen molar-refractivity contribution < 1.29 is 19.8 Å². The van der Waals surface area contributed by atoms with Crippen LogP contribution in [0, 0.1) is 18.4 Å². The second kappa shape index (κ2) is 13.4. The molecule has 0 saturated heterocycles. The summed E-state index contributed by atoms with van der Waals surface area (Å²) in [6, 6.07) is 0. The van der Waals surface area contributed by atoms with Gasteiger partial charge in [-0.3, -0.25) is 10.3 Å². The lowest BCUT2D eigenvalue weighted by Gasteiger charge is -2.06. The predicted molar refractivity (Wildman–Crippen MR) is 94.0 cm³/mol. The van der Waals surface area contributed by atoms with E-state index in [0.29, 0.717) is 18.1 Å². The van der Waals surface area contributed by atoms with E-state index in [9.17, 15) is 9.59 Å². The van der Waals surface area contributed by atoms with E-state index in [4.69, 9.17) is 15.5 Å². The number of rotatable bonds is 7. The number of nitrogens with zero attached hydrogens (tertiary/aromatic N) is 3. The van der Waals surface area contributed by atoms with E-state index in [1.165, 1.54) is 0 Å². The number of nitrogens with one attached hydrogen (secondary N) is 3. The zero-order valence-electron chi connectivity index (χ0n) is 13.8. The first-order valence-corrected chi connectivity index (χ1v) is 8.12. The molecule has 0 fully saturated rings. The van der Waals surface area contributed by atoms with Crippen molar-refractivity contribution in [2.24, 2.45) is 4.99 Å². The summed E-state index contributed by atoms with van der Waals surface area (Å²) in [5.74, 6) is -0.191. The Kier molecular flexibility index (Phi) is 11.8. The van der Waals surface area contributed by atoms with Crippen LogP contribution in [0.5, 0.6) is 0 Å². The van der Waals surface area contributed by atoms with Crippen molar-refractivity contribution in [1.82, 2.24) is 20.6 Å². The summed E-state index contributed by atoms with van der Waals surface area (Å²) in [6.07, 6.45) is 4.65. The molecule has 0 atom stereocenters. The van der Waals surface area contributed by atoms with Crippen molar-refractivity contribution in [1.29, 1.82) is 5.26 Å². The molecule has 10 nitrogen and oxygen atoms in total. The molecule has 0 aliphatic rings. The van der Waals surface area contributed by atoms with Crippen molar-refractivity contribution in [2.75, 3.05) is 19.3 Å². The fraction of sp³-hybridized carbons (Fsp3) is 0.357. The fourth-order valence-corrected chi connectivity index (χ4v) is 2.19. The second-order valence-corrected chi connectivity index (χ2v) is 5.38. The predicted octanol–water partition coefficient (Wildman–Crippen LogP) is 0.309. The Balaban J connectivity index is 0.000000609. The quantitative estimate of drug-likeness (QED) is 0.114. The number of aryl methyl sites for hydroxylation is 1. The first kappa shape index (κ1) is 22.0. The number of hydrogen-bond donors (Lipinski definition) is 5. The zero-order chi connectivity index (χ0) is 19.1. The van der Waals surface area contributed by atoms with Crippen molar-refractivity contribution in [2.45, 2.75) is 12.7 Å². The maximum atomic E-state index is 9.55. The first-order valence-electron chi connectivity index (χ1n) is 6.97. The number of hydrogen-bond acceptors (Lipinski definition) is 6. The Morgan fingerprint density at radius 2 is 2.08 bits per heavy atom. The van der Waals surface area contributed by atoms with Gasteiger partial charge in [-0.15, -0.1) is 0 Å². The van der Waals surface area contributed by atoms with E-state index < -0.39 is 11.9 Å². The van der Waals surface area contributed by atoms with Crippen LogP contribution in [-0.4, -0.2) is 57.4 Å². The standard InChI is InChI=1S/C10H16N6S.C4H4O4/c1-8-9(16-7-15-8)5-17-4-3-13-10(12-2)14-6-11;5-3(6)1-2-4(7)8/h7H,3-5H2,1-2H3,(H,15,16)(H2,12,13,14);1-2H,(H,5,6)(H,7,8)/b;2-1-. The van der Waals surface area contributed by atoms with E-state index >= 15 is 0 Å². The summed E-state index contributed by atoms with van der Waals surface area (Å²) in [5, 5.41) is 29.5. The SMILES string of the molecule is CN=C(NC#N)NCCSCc1nc[nH]c1C.O=C(O)/C=C\C(=O)O. The number of nitriles is 1. The maximum absolute atomic E-state index is 9.55. The number of imidazole rings is 1. The van der Waals surface area contributed by atoms with Crippen LogP contribution in [0.2, 0.25) is 0 Å². The highest BCUT2D eigenvalue weighted by molar-refractivity contribution is 7.98. The van der Waals surface area contributed by atoms with Gasteiger partial charge >= 0.3 is 11.9 Å². The lowest BCUT2D eigenvalue weighted by molar-refractivity contribution is -0.134. The molecule has 25 heavy (non-hydrogen) atoms. The lowest BCUT2D eigenvalue weighted by atomic mass is 10.4. The number of aliphatic imine (C=N–C) groups is 1. The zero-order valence-corrected chi connectivity index (χ0v) is 14.6. The van der Waals surface area contributed by atoms with Crippen LogP contribution >= 0.6 is 11.8 Å². The fourth-order valence-electron chi connectivity index (χ4n) is 1.32. The Labute approximate surface area is 149 Å². The third-order valence-corrected chi connectivity index (χ3v) is 3.45. The summed E-state index contributed by atoms with van der Waals surface area (Å²) in [5.41, 5.74) is 2.21. The lowest BCUT2D eigenvalue weighted by Crippen LogP contribution is -2.35. The molecule has 11 heteroatoms. The molecule has 0 amide bonds. The number of guanidine groups is 1. The molecular weight excluding hydrogens is 348 g/mol. The molecule has 0 spiro atoms. The van der Waals surface area contributed by atoms with Gasteiger partial charge in [0.2, 0.25) is 5.96 Å². The van der Waals surface area contributed by atoms with Crippen LogP contribution in [0.4, 0.5) is 0 Å². The average molecular weight is 368 g/mol. The Bertz CT molecular complexity index is 634. The molecule has 0 bridgehead atoms. The van der Waals surface area contributed by atoms with Gasteiger partial charge in [0.1, 0.15) is 0 Å². The second-order valence-electron chi connectivity index (χ2n) is 4.27. The van der Waals surface area contributed by atoms with Crippen LogP contribution in [0.15, 0.2) is 23.5 Å². The molecule has 0 aliphatic heterocycles. The van der Waals surface area contributed by atoms with Crippen molar-refractivity contribution in [3.8, 4) is 6.19 Å². The van der Waals surface area contributed by atoms with Crippen LogP contribution in [-0.2, 0) is 15.3 Å². The molecule has 0 aromatic carbocycles. The topological polar surface area (TPSA) is 163 Å². The summed E-state index contributed by atoms with van der Waals surface area (Å²) in [6.45, 7) is 2.77. The van der Waals surface area contributed by atoms with E-state index in [1.807, 2.05) is 13.1 Å². The third-order valence-electron chi connectivity index (χ3n) is 2.48. The van der Waals surface area contributed by atoms with Crippen molar-refractivity contribution in [3.63, 3.8) is 0 Å². The first-order chi connectivity index (χ1) is 11.9. The van der Waals surface area contributed by atoms with E-state index in [0.717, 1.165) is 29.4 Å². The van der Waals surface area contributed by atoms with Crippen molar-refractivity contribution >= 4 is 29.7 Å². The smallest absolute Gasteiger partial charge is 0.328 e. The number of carboxylic acids is 2. The summed E-state index contributed by atoms with van der Waals surface area (Å²) < 4.78 is 0. The van der Waals surface area contributed by atoms with Gasteiger partial charge in [0, 0.05) is 42.9 Å². The molecule has 0 aliphatic carbocycles. The molecule has 1 heterocycles. The number of aliphatic carboxylic acids is 2. The largest absolute Gasteiger partial charge is 0.478 e. The van der Waals surface area contributed by atoms with Gasteiger partial charge in [-0.1, -0.05) is 0 Å². The number of carbonyl (C=O) groups is 2. The molecular formula is C14H20N6O4S. The minimum absolute atomic E-state index is 0.504. The van der Waals surface area contributed by atoms with Crippen LogP contribution in [0.3, 0.4) is 0 Å². The Morgan fingerprint density at radius 3 is 2.52 bits per heavy atom. The van der Waals surface area contributed by atoms with Gasteiger partial charge < -0.3 is 20.5 Å². The monoisotopic (exact) mass is 368 g/mol. The highest BCUT2D eigenvalue weighted by Gasteiger charge is 2.00. The molecule has 136 valence electrons. The van der Waals surface area contributed by atoms with E-state index in [1.54, 1.807) is 25.1 Å². The molecule has 0 unspecified atom stereocenters. The normalized spacial score (nSPS) is 10.5. The maximum Gasteiger partial charge on any atom is 0.328 e. The van der Waals surface area contributed by atoms with Gasteiger partial charge in [0.25, 0.3) is 0 Å². The number of aromatic nitrogens is 2. The van der Waals surface area contributed by atoms with Crippen LogP contribution in [0.25, 0.3) is 0 Å². The van der Waals surface area contributed by atoms with Gasteiger partial charge in [-0.25, -0.2) is 14.6 Å². The number of carboxylic acid groups (broad SMARTS) is 2.